The second-order valence-corrected chi connectivity index (χ2v) is 7.56. The highest BCUT2D eigenvalue weighted by Gasteiger charge is 2.38. The van der Waals surface area contributed by atoms with Gasteiger partial charge in [0.25, 0.3) is 0 Å². The van der Waals surface area contributed by atoms with Crippen LogP contribution in [0.15, 0.2) is 48.8 Å². The van der Waals surface area contributed by atoms with E-state index in [9.17, 15) is 0 Å². The van der Waals surface area contributed by atoms with Crippen molar-refractivity contribution in [1.29, 1.82) is 0 Å². The van der Waals surface area contributed by atoms with E-state index in [2.05, 4.69) is 31.6 Å². The summed E-state index contributed by atoms with van der Waals surface area (Å²) in [7, 11) is 0. The van der Waals surface area contributed by atoms with Crippen molar-refractivity contribution >= 4 is 23.1 Å². The molecule has 3 aromatic heterocycles. The highest BCUT2D eigenvalue weighted by atomic mass is 15.3. The molecular formula is C21H23N7. The molecule has 0 spiro atoms. The molecule has 7 nitrogen and oxygen atoms in total. The van der Waals surface area contributed by atoms with Crippen molar-refractivity contribution in [3.8, 4) is 11.3 Å². The highest BCUT2D eigenvalue weighted by Crippen LogP contribution is 2.31. The molecule has 2 aliphatic rings. The van der Waals surface area contributed by atoms with E-state index in [1.165, 1.54) is 6.42 Å². The zero-order valence-electron chi connectivity index (χ0n) is 15.8. The number of nitrogen functional groups attached to an aromatic ring is 1. The summed E-state index contributed by atoms with van der Waals surface area (Å²) < 4.78 is 0. The van der Waals surface area contributed by atoms with Crippen LogP contribution in [0, 0.1) is 6.92 Å². The van der Waals surface area contributed by atoms with Gasteiger partial charge in [-0.15, -0.1) is 0 Å². The van der Waals surface area contributed by atoms with Gasteiger partial charge >= 0.3 is 0 Å². The largest absolute Gasteiger partial charge is 0.399 e. The molecule has 0 amide bonds. The van der Waals surface area contributed by atoms with Gasteiger partial charge in [0.1, 0.15) is 17.5 Å². The number of aryl methyl sites for hydroxylation is 1. The van der Waals surface area contributed by atoms with Crippen LogP contribution in [0.25, 0.3) is 11.3 Å². The molecule has 5 heterocycles. The van der Waals surface area contributed by atoms with Crippen LogP contribution < -0.4 is 21.3 Å². The van der Waals surface area contributed by atoms with Crippen LogP contribution in [-0.2, 0) is 0 Å². The molecular weight excluding hydrogens is 350 g/mol. The third kappa shape index (κ3) is 3.25. The fourth-order valence-corrected chi connectivity index (χ4v) is 4.08. The highest BCUT2D eigenvalue weighted by molar-refractivity contribution is 5.70. The van der Waals surface area contributed by atoms with Gasteiger partial charge in [-0.25, -0.2) is 15.0 Å². The van der Waals surface area contributed by atoms with E-state index in [4.69, 9.17) is 10.7 Å². The second-order valence-electron chi connectivity index (χ2n) is 7.56. The SMILES string of the molecule is Cc1ccnc(Nc2cc(N)cc(-c3ccnc(N4C[C@@H]5C[C@H]4CN5)c3)n2)c1. The molecule has 5 rings (SSSR count). The number of aromatic nitrogens is 3. The summed E-state index contributed by atoms with van der Waals surface area (Å²) in [6.07, 6.45) is 4.82. The maximum absolute atomic E-state index is 6.16. The summed E-state index contributed by atoms with van der Waals surface area (Å²) in [4.78, 5) is 16.1. The van der Waals surface area contributed by atoms with Crippen LogP contribution in [0.4, 0.5) is 23.1 Å². The van der Waals surface area contributed by atoms with Crippen molar-refractivity contribution in [2.75, 3.05) is 29.0 Å². The Hall–Kier alpha value is -3.19. The van der Waals surface area contributed by atoms with Gasteiger partial charge in [-0.05, 0) is 49.2 Å². The summed E-state index contributed by atoms with van der Waals surface area (Å²) in [5.41, 5.74) is 9.77. The lowest BCUT2D eigenvalue weighted by atomic mass is 10.1. The Kier molecular flexibility index (Phi) is 4.09. The maximum Gasteiger partial charge on any atom is 0.134 e. The number of anilines is 4. The van der Waals surface area contributed by atoms with Gasteiger partial charge in [0.05, 0.1) is 5.69 Å². The topological polar surface area (TPSA) is 92.0 Å². The summed E-state index contributed by atoms with van der Waals surface area (Å²) in [6.45, 7) is 4.08. The molecule has 28 heavy (non-hydrogen) atoms. The number of nitrogens with one attached hydrogen (secondary N) is 2. The number of nitrogens with two attached hydrogens (primary N) is 1. The van der Waals surface area contributed by atoms with Crippen LogP contribution in [0.1, 0.15) is 12.0 Å². The van der Waals surface area contributed by atoms with Gasteiger partial charge in [0.15, 0.2) is 0 Å². The van der Waals surface area contributed by atoms with Crippen LogP contribution in [0.2, 0.25) is 0 Å². The Morgan fingerprint density at radius 1 is 1.11 bits per heavy atom. The minimum atomic E-state index is 0.533. The van der Waals surface area contributed by atoms with Crippen molar-refractivity contribution in [1.82, 2.24) is 20.3 Å². The lowest BCUT2D eigenvalue weighted by Crippen LogP contribution is -2.43. The van der Waals surface area contributed by atoms with Gasteiger partial charge < -0.3 is 21.3 Å². The van der Waals surface area contributed by atoms with Crippen molar-refractivity contribution in [2.45, 2.75) is 25.4 Å². The fourth-order valence-electron chi connectivity index (χ4n) is 4.08. The van der Waals surface area contributed by atoms with E-state index in [0.29, 0.717) is 23.6 Å². The minimum absolute atomic E-state index is 0.533. The Balaban J connectivity index is 1.44. The monoisotopic (exact) mass is 373 g/mol. The average Bonchev–Trinajstić information content (AvgIpc) is 3.31. The number of pyridine rings is 3. The van der Waals surface area contributed by atoms with E-state index in [1.54, 1.807) is 6.20 Å². The lowest BCUT2D eigenvalue weighted by Gasteiger charge is -2.28. The first-order valence-corrected chi connectivity index (χ1v) is 9.58. The van der Waals surface area contributed by atoms with Crippen LogP contribution in [-0.4, -0.2) is 40.1 Å². The van der Waals surface area contributed by atoms with Crippen molar-refractivity contribution < 1.29 is 0 Å². The second kappa shape index (κ2) is 6.76. The van der Waals surface area contributed by atoms with E-state index < -0.39 is 0 Å². The van der Waals surface area contributed by atoms with Crippen molar-refractivity contribution in [3.63, 3.8) is 0 Å². The minimum Gasteiger partial charge on any atom is -0.399 e. The zero-order chi connectivity index (χ0) is 19.1. The van der Waals surface area contributed by atoms with Gasteiger partial charge in [-0.2, -0.15) is 0 Å². The van der Waals surface area contributed by atoms with Crippen LogP contribution in [0.5, 0.6) is 0 Å². The predicted octanol–water partition coefficient (Wildman–Crippen LogP) is 2.72. The predicted molar refractivity (Wildman–Crippen MR) is 112 cm³/mol. The van der Waals surface area contributed by atoms with Gasteiger partial charge in [0.2, 0.25) is 0 Å². The van der Waals surface area contributed by atoms with E-state index in [0.717, 1.165) is 41.5 Å². The maximum atomic E-state index is 6.16. The molecule has 0 unspecified atom stereocenters. The Bertz CT molecular complexity index is 1020. The van der Waals surface area contributed by atoms with E-state index >= 15 is 0 Å². The summed E-state index contributed by atoms with van der Waals surface area (Å²) >= 11 is 0. The van der Waals surface area contributed by atoms with Gasteiger partial charge in [-0.1, -0.05) is 0 Å². The number of rotatable bonds is 4. The first kappa shape index (κ1) is 16.9. The third-order valence-corrected chi connectivity index (χ3v) is 5.41. The summed E-state index contributed by atoms with van der Waals surface area (Å²) in [6, 6.07) is 12.9. The van der Waals surface area contributed by atoms with Crippen molar-refractivity contribution in [3.05, 3.63) is 54.4 Å². The molecule has 2 aliphatic heterocycles. The number of nitrogens with zero attached hydrogens (tertiary/aromatic N) is 4. The van der Waals surface area contributed by atoms with Crippen molar-refractivity contribution in [2.24, 2.45) is 0 Å². The molecule has 142 valence electrons. The molecule has 2 fully saturated rings. The molecule has 4 N–H and O–H groups in total. The van der Waals surface area contributed by atoms with E-state index in [1.807, 2.05) is 43.5 Å². The van der Waals surface area contributed by atoms with Gasteiger partial charge in [-0.3, -0.25) is 0 Å². The molecule has 0 aliphatic carbocycles. The smallest absolute Gasteiger partial charge is 0.134 e. The Morgan fingerprint density at radius 2 is 2.00 bits per heavy atom. The molecule has 0 aromatic carbocycles. The first-order valence-electron chi connectivity index (χ1n) is 9.58. The quantitative estimate of drug-likeness (QED) is 0.647. The molecule has 0 radical (unpaired) electrons. The lowest BCUT2D eigenvalue weighted by molar-refractivity contribution is 0.576. The molecule has 2 saturated heterocycles. The first-order chi connectivity index (χ1) is 13.6. The van der Waals surface area contributed by atoms with Crippen LogP contribution in [0.3, 0.4) is 0 Å². The normalized spacial score (nSPS) is 20.5. The van der Waals surface area contributed by atoms with Gasteiger partial charge in [0, 0.05) is 54.9 Å². The molecule has 3 aromatic rings. The molecule has 2 bridgehead atoms. The Morgan fingerprint density at radius 3 is 2.79 bits per heavy atom. The van der Waals surface area contributed by atoms with E-state index in [-0.39, 0.29) is 0 Å². The standard InChI is InChI=1S/C21H23N7/c1-13-2-4-23-19(6-13)27-20-9-15(22)8-18(26-20)14-3-5-24-21(7-14)28-12-16-10-17(28)11-25-16/h2-9,16-17,25H,10-12H2,1H3,(H3,22,23,26,27)/t16-,17-/m0/s1. The summed E-state index contributed by atoms with van der Waals surface area (Å²) in [5.74, 6) is 2.43. The number of hydrogen-bond donors (Lipinski definition) is 3. The number of fused-ring (bicyclic) bond motifs is 2. The molecule has 2 atom stereocenters. The number of hydrogen-bond acceptors (Lipinski definition) is 7. The number of piperazine rings is 1. The summed E-state index contributed by atoms with van der Waals surface area (Å²) in [5, 5.41) is 6.78. The average molecular weight is 373 g/mol. The van der Waals surface area contributed by atoms with Crippen LogP contribution >= 0.6 is 0 Å². The molecule has 0 saturated carbocycles. The Labute approximate surface area is 164 Å². The third-order valence-electron chi connectivity index (χ3n) is 5.41. The zero-order valence-corrected chi connectivity index (χ0v) is 15.8. The molecule has 7 heteroatoms. The fraction of sp³-hybridized carbons (Fsp3) is 0.286.